The van der Waals surface area contributed by atoms with Gasteiger partial charge >= 0.3 is 0 Å². The first-order valence-corrected chi connectivity index (χ1v) is 8.99. The van der Waals surface area contributed by atoms with Crippen LogP contribution >= 0.6 is 0 Å². The van der Waals surface area contributed by atoms with Crippen LogP contribution in [0, 0.1) is 5.92 Å². The van der Waals surface area contributed by atoms with E-state index in [0.717, 1.165) is 16.0 Å². The first kappa shape index (κ1) is 13.9. The maximum absolute atomic E-state index is 13.1. The lowest BCUT2D eigenvalue weighted by Gasteiger charge is -2.44. The van der Waals surface area contributed by atoms with Gasteiger partial charge in [0.05, 0.1) is 5.92 Å². The molecule has 2 heterocycles. The summed E-state index contributed by atoms with van der Waals surface area (Å²) in [5.74, 6) is -1.46. The quantitative estimate of drug-likeness (QED) is 0.857. The lowest BCUT2D eigenvalue weighted by Crippen LogP contribution is -2.51. The monoisotopic (exact) mass is 358 g/mol. The van der Waals surface area contributed by atoms with E-state index in [9.17, 15) is 14.7 Å². The summed E-state index contributed by atoms with van der Waals surface area (Å²) in [4.78, 5) is 28.5. The third-order valence-electron chi connectivity index (χ3n) is 5.69. The van der Waals surface area contributed by atoms with Crippen molar-refractivity contribution >= 4 is 23.1 Å². The van der Waals surface area contributed by atoms with Gasteiger partial charge < -0.3 is 15.3 Å². The summed E-state index contributed by atoms with van der Waals surface area (Å²) in [5, 5.41) is 13.9. The second kappa shape index (κ2) is 5.93. The van der Waals surface area contributed by atoms with Crippen LogP contribution in [0.25, 0.3) is 5.57 Å². The fourth-order valence-electron chi connectivity index (χ4n) is 4.43. The van der Waals surface area contributed by atoms with Crippen molar-refractivity contribution in [1.82, 2.24) is 9.80 Å². The van der Waals surface area contributed by atoms with Gasteiger partial charge in [0.15, 0.2) is 5.60 Å². The summed E-state index contributed by atoms with van der Waals surface area (Å²) in [5.41, 5.74) is 1.14. The minimum Gasteiger partial charge on any atom is -0.375 e. The number of amides is 2. The van der Waals surface area contributed by atoms with Crippen molar-refractivity contribution in [1.29, 1.82) is 0 Å². The number of benzene rings is 1. The fourth-order valence-corrected chi connectivity index (χ4v) is 4.43. The van der Waals surface area contributed by atoms with Crippen molar-refractivity contribution in [2.45, 2.75) is 31.4 Å². The molecule has 3 aliphatic rings. The Kier molecular flexibility index (Phi) is 3.18. The molecule has 0 bridgehead atoms. The third-order valence-corrected chi connectivity index (χ3v) is 5.69. The summed E-state index contributed by atoms with van der Waals surface area (Å²) in [6.07, 6.45) is 2.59. The van der Waals surface area contributed by atoms with Crippen LogP contribution < -0.4 is 5.32 Å². The van der Waals surface area contributed by atoms with Crippen molar-refractivity contribution in [3.05, 3.63) is 35.4 Å². The molecule has 0 aromatic heterocycles. The number of aliphatic hydroxyl groups is 1. The Hall–Kier alpha value is -2.18. The van der Waals surface area contributed by atoms with E-state index in [4.69, 9.17) is 4.11 Å². The Bertz CT molecular complexity index is 914. The van der Waals surface area contributed by atoms with Gasteiger partial charge in [-0.3, -0.25) is 14.5 Å². The Labute approximate surface area is 157 Å². The van der Waals surface area contributed by atoms with Gasteiger partial charge in [-0.25, -0.2) is 0 Å². The molecule has 1 aliphatic carbocycles. The van der Waals surface area contributed by atoms with Crippen molar-refractivity contribution in [2.24, 2.45) is 5.92 Å². The largest absolute Gasteiger partial charge is 0.375 e. The average Bonchev–Trinajstić information content (AvgIpc) is 2.90. The summed E-state index contributed by atoms with van der Waals surface area (Å²) in [6, 6.07) is 5.17. The Balaban J connectivity index is 1.78. The van der Waals surface area contributed by atoms with Crippen molar-refractivity contribution in [2.75, 3.05) is 32.4 Å². The van der Waals surface area contributed by atoms with Gasteiger partial charge in [0.25, 0.3) is 5.91 Å². The minimum atomic E-state index is -2.49. The van der Waals surface area contributed by atoms with Crippen LogP contribution in [-0.2, 0) is 15.2 Å². The highest BCUT2D eigenvalue weighted by atomic mass is 16.3. The fraction of sp³-hybridized carbons (Fsp3) is 0.500. The van der Waals surface area contributed by atoms with Crippen LogP contribution in [0.2, 0.25) is 0 Å². The molecular weight excluding hydrogens is 330 g/mol. The van der Waals surface area contributed by atoms with Crippen LogP contribution in [0.15, 0.2) is 24.3 Å². The summed E-state index contributed by atoms with van der Waals surface area (Å²) >= 11 is 0. The smallest absolute Gasteiger partial charge is 0.261 e. The number of nitrogens with zero attached hydrogens (tertiary/aromatic N) is 2. The molecule has 0 saturated heterocycles. The number of hydrogen-bond acceptors (Lipinski definition) is 4. The lowest BCUT2D eigenvalue weighted by atomic mass is 9.72. The zero-order valence-electron chi connectivity index (χ0n) is 18.0. The Morgan fingerprint density at radius 1 is 1.54 bits per heavy atom. The molecule has 0 radical (unpaired) electrons. The van der Waals surface area contributed by atoms with E-state index >= 15 is 0 Å². The molecule has 1 unspecified atom stereocenters. The normalized spacial score (nSPS) is 31.7. The molecule has 4 rings (SSSR count). The van der Waals surface area contributed by atoms with Gasteiger partial charge in [-0.05, 0) is 30.7 Å². The standard InChI is InChI=1S/C20H25N3O3/c1-4-8-22(2)18(24)12-9-14-13-6-5-7-15-17(13)20(26,19(25)21-15)10-16(14)23(3)11-12/h5-7,9,12,16,26H,4,8,10-11H2,1-3H3,(H,21,25)/t12-,16-,20?/m1/s1/i2D3. The molecule has 6 nitrogen and oxygen atoms in total. The van der Waals surface area contributed by atoms with Gasteiger partial charge in [-0.1, -0.05) is 25.1 Å². The number of nitrogens with one attached hydrogen (secondary N) is 1. The van der Waals surface area contributed by atoms with Crippen LogP contribution in [0.3, 0.4) is 0 Å². The SMILES string of the molecule is [2H]C([2H])([2H])N(CCC)C(=O)[C@@H]1C=C2c3cccc4c3C(O)(C[C@H]2N(C)C1)C(=O)N4. The first-order valence-electron chi connectivity index (χ1n) is 10.5. The topological polar surface area (TPSA) is 72.9 Å². The number of rotatable bonds is 3. The van der Waals surface area contributed by atoms with E-state index in [-0.39, 0.29) is 19.0 Å². The van der Waals surface area contributed by atoms with E-state index in [2.05, 4.69) is 5.32 Å². The molecule has 1 aromatic rings. The van der Waals surface area contributed by atoms with E-state index in [1.807, 2.05) is 31.0 Å². The Morgan fingerprint density at radius 3 is 3.08 bits per heavy atom. The molecule has 0 fully saturated rings. The maximum Gasteiger partial charge on any atom is 0.261 e. The van der Waals surface area contributed by atoms with E-state index in [1.165, 1.54) is 0 Å². The summed E-state index contributed by atoms with van der Waals surface area (Å²) in [7, 11) is 1.84. The van der Waals surface area contributed by atoms with E-state index in [1.54, 1.807) is 12.1 Å². The number of carbonyl (C=O) groups is 2. The molecule has 3 atom stereocenters. The molecule has 1 aromatic carbocycles. The van der Waals surface area contributed by atoms with Crippen LogP contribution in [-0.4, -0.2) is 59.9 Å². The molecule has 2 amide bonds. The minimum absolute atomic E-state index is 0.168. The first-order chi connectivity index (χ1) is 13.6. The maximum atomic E-state index is 13.1. The highest BCUT2D eigenvalue weighted by Gasteiger charge is 2.53. The van der Waals surface area contributed by atoms with E-state index in [0.29, 0.717) is 24.2 Å². The predicted molar refractivity (Wildman–Crippen MR) is 99.4 cm³/mol. The summed E-state index contributed by atoms with van der Waals surface area (Å²) in [6.45, 7) is -0.151. The molecule has 0 spiro atoms. The third kappa shape index (κ3) is 2.32. The molecule has 2 N–H and O–H groups in total. The number of fused-ring (bicyclic) bond motifs is 2. The Morgan fingerprint density at radius 2 is 2.35 bits per heavy atom. The number of likely N-dealkylation sites (N-methyl/N-ethyl adjacent to an activating group) is 1. The number of hydrogen-bond donors (Lipinski definition) is 2. The highest BCUT2D eigenvalue weighted by molar-refractivity contribution is 6.08. The zero-order valence-corrected chi connectivity index (χ0v) is 15.0. The zero-order chi connectivity index (χ0) is 21.1. The van der Waals surface area contributed by atoms with Crippen LogP contribution in [0.5, 0.6) is 0 Å². The lowest BCUT2D eigenvalue weighted by molar-refractivity contribution is -0.137. The van der Waals surface area contributed by atoms with Gasteiger partial charge in [0.1, 0.15) is 0 Å². The van der Waals surface area contributed by atoms with Gasteiger partial charge in [0, 0.05) is 47.9 Å². The highest BCUT2D eigenvalue weighted by Crippen LogP contribution is 2.51. The molecule has 6 heteroatoms. The molecule has 0 saturated carbocycles. The number of carbonyl (C=O) groups excluding carboxylic acids is 2. The van der Waals surface area contributed by atoms with Crippen LogP contribution in [0.1, 0.15) is 35.0 Å². The van der Waals surface area contributed by atoms with E-state index < -0.39 is 30.3 Å². The van der Waals surface area contributed by atoms with Gasteiger partial charge in [0.2, 0.25) is 5.91 Å². The molecule has 138 valence electrons. The van der Waals surface area contributed by atoms with Crippen molar-refractivity contribution in [3.63, 3.8) is 0 Å². The van der Waals surface area contributed by atoms with Crippen molar-refractivity contribution in [3.8, 4) is 0 Å². The average molecular weight is 358 g/mol. The van der Waals surface area contributed by atoms with Crippen molar-refractivity contribution < 1.29 is 18.8 Å². The van der Waals surface area contributed by atoms with Gasteiger partial charge in [-0.2, -0.15) is 0 Å². The molecule has 2 aliphatic heterocycles. The second-order valence-corrected chi connectivity index (χ2v) is 7.42. The summed E-state index contributed by atoms with van der Waals surface area (Å²) < 4.78 is 23.2. The predicted octanol–water partition coefficient (Wildman–Crippen LogP) is 1.41. The second-order valence-electron chi connectivity index (χ2n) is 7.42. The molecular formula is C20H25N3O3. The van der Waals surface area contributed by atoms with Crippen LogP contribution in [0.4, 0.5) is 5.69 Å². The number of anilines is 1. The van der Waals surface area contributed by atoms with Gasteiger partial charge in [-0.15, -0.1) is 0 Å². The molecule has 26 heavy (non-hydrogen) atoms.